The van der Waals surface area contributed by atoms with E-state index < -0.39 is 35.2 Å². The Morgan fingerprint density at radius 3 is 2.36 bits per heavy atom. The molecule has 3 aromatic rings. The van der Waals surface area contributed by atoms with E-state index in [1.54, 1.807) is 24.3 Å². The number of ketones is 1. The van der Waals surface area contributed by atoms with Crippen LogP contribution in [0.1, 0.15) is 55.2 Å². The number of Topliss-reactive ketones (excluding diaryl/α,β-unsaturated/α-hetero) is 1. The van der Waals surface area contributed by atoms with E-state index in [1.807, 2.05) is 20.8 Å². The third-order valence-corrected chi connectivity index (χ3v) is 5.93. The predicted octanol–water partition coefficient (Wildman–Crippen LogP) is 6.45. The lowest BCUT2D eigenvalue weighted by Crippen LogP contribution is -2.29. The summed E-state index contributed by atoms with van der Waals surface area (Å²) in [4.78, 5) is 27.3. The number of benzene rings is 2. The van der Waals surface area contributed by atoms with E-state index in [2.05, 4.69) is 0 Å². The summed E-state index contributed by atoms with van der Waals surface area (Å²) in [6, 6.07) is 10.7. The zero-order chi connectivity index (χ0) is 26.2. The first-order chi connectivity index (χ1) is 17.0. The minimum atomic E-state index is -4.56. The number of aliphatic hydroxyl groups is 1. The van der Waals surface area contributed by atoms with Crippen LogP contribution < -0.4 is 9.64 Å². The Morgan fingerprint density at radius 2 is 1.81 bits per heavy atom. The van der Waals surface area contributed by atoms with Crippen molar-refractivity contribution < 1.29 is 37.0 Å². The molecule has 2 heterocycles. The lowest BCUT2D eigenvalue weighted by atomic mass is 9.95. The number of halogens is 3. The van der Waals surface area contributed by atoms with Crippen molar-refractivity contribution in [3.63, 3.8) is 0 Å². The Labute approximate surface area is 205 Å². The summed E-state index contributed by atoms with van der Waals surface area (Å²) in [7, 11) is 0. The summed E-state index contributed by atoms with van der Waals surface area (Å²) in [5.74, 6) is -1.55. The molecule has 0 spiro atoms. The molecule has 1 N–H and O–H groups in total. The molecule has 0 aliphatic carbocycles. The van der Waals surface area contributed by atoms with E-state index in [1.165, 1.54) is 12.3 Å². The summed E-state index contributed by atoms with van der Waals surface area (Å²) in [6.07, 6.45) is -3.22. The second kappa shape index (κ2) is 9.56. The first kappa shape index (κ1) is 25.1. The van der Waals surface area contributed by atoms with Crippen LogP contribution in [0.25, 0.3) is 5.76 Å². The fraction of sp³-hybridized carbons (Fsp3) is 0.259. The quantitative estimate of drug-likeness (QED) is 0.240. The van der Waals surface area contributed by atoms with Crippen LogP contribution in [0.3, 0.4) is 0 Å². The fourth-order valence-corrected chi connectivity index (χ4v) is 4.22. The number of hydrogen-bond donors (Lipinski definition) is 1. The van der Waals surface area contributed by atoms with Gasteiger partial charge in [-0.3, -0.25) is 14.5 Å². The minimum Gasteiger partial charge on any atom is -0.507 e. The van der Waals surface area contributed by atoms with Crippen LogP contribution in [0.2, 0.25) is 0 Å². The number of carbonyl (C=O) groups excluding carboxylic acids is 2. The van der Waals surface area contributed by atoms with Crippen LogP contribution in [0.4, 0.5) is 18.9 Å². The normalized spacial score (nSPS) is 17.8. The van der Waals surface area contributed by atoms with Gasteiger partial charge in [-0.2, -0.15) is 13.2 Å². The number of alkyl halides is 3. The highest BCUT2D eigenvalue weighted by Gasteiger charge is 2.48. The molecular weight excluding hydrogens is 475 g/mol. The number of hydrogen-bond acceptors (Lipinski definition) is 5. The molecule has 0 bridgehead atoms. The number of furan rings is 1. The predicted molar refractivity (Wildman–Crippen MR) is 127 cm³/mol. The second-order valence-corrected chi connectivity index (χ2v) is 8.57. The van der Waals surface area contributed by atoms with Crippen LogP contribution in [-0.2, 0) is 15.8 Å². The van der Waals surface area contributed by atoms with E-state index in [-0.39, 0.29) is 22.9 Å². The van der Waals surface area contributed by atoms with Crippen molar-refractivity contribution in [2.75, 3.05) is 11.5 Å². The van der Waals surface area contributed by atoms with Crippen molar-refractivity contribution in [2.45, 2.75) is 38.9 Å². The van der Waals surface area contributed by atoms with Crippen LogP contribution in [-0.4, -0.2) is 23.4 Å². The smallest absolute Gasteiger partial charge is 0.416 e. The van der Waals surface area contributed by atoms with Gasteiger partial charge in [0.25, 0.3) is 11.7 Å². The fourth-order valence-electron chi connectivity index (χ4n) is 4.22. The average Bonchev–Trinajstić information content (AvgIpc) is 3.45. The number of nitrogens with zero attached hydrogens (tertiary/aromatic N) is 1. The van der Waals surface area contributed by atoms with Gasteiger partial charge in [0.15, 0.2) is 0 Å². The van der Waals surface area contributed by atoms with Crippen molar-refractivity contribution in [1.29, 1.82) is 0 Å². The van der Waals surface area contributed by atoms with Crippen molar-refractivity contribution in [3.05, 3.63) is 88.9 Å². The van der Waals surface area contributed by atoms with Gasteiger partial charge in [0, 0.05) is 11.3 Å². The lowest BCUT2D eigenvalue weighted by Gasteiger charge is -2.24. The zero-order valence-electron chi connectivity index (χ0n) is 19.8. The maximum atomic E-state index is 13.2. The summed E-state index contributed by atoms with van der Waals surface area (Å²) in [5.41, 5.74) is 0.0263. The molecule has 188 valence electrons. The van der Waals surface area contributed by atoms with E-state index in [9.17, 15) is 27.9 Å². The summed E-state index contributed by atoms with van der Waals surface area (Å²) >= 11 is 0. The van der Waals surface area contributed by atoms with E-state index >= 15 is 0 Å². The Bertz CT molecular complexity index is 1310. The van der Waals surface area contributed by atoms with E-state index in [0.717, 1.165) is 34.7 Å². The first-order valence-corrected chi connectivity index (χ1v) is 11.3. The number of aliphatic hydroxyl groups excluding tert-OH is 1. The van der Waals surface area contributed by atoms with Gasteiger partial charge in [0.05, 0.1) is 24.0 Å². The van der Waals surface area contributed by atoms with Gasteiger partial charge >= 0.3 is 6.18 Å². The molecule has 0 saturated carbocycles. The molecule has 2 aromatic carbocycles. The summed E-state index contributed by atoms with van der Waals surface area (Å²) < 4.78 is 50.3. The maximum Gasteiger partial charge on any atom is 0.416 e. The maximum absolute atomic E-state index is 13.2. The molecule has 1 atom stereocenters. The van der Waals surface area contributed by atoms with Crippen molar-refractivity contribution in [2.24, 2.45) is 0 Å². The molecule has 1 fully saturated rings. The van der Waals surface area contributed by atoms with E-state index in [0.29, 0.717) is 17.9 Å². The third kappa shape index (κ3) is 4.48. The van der Waals surface area contributed by atoms with E-state index in [4.69, 9.17) is 9.15 Å². The molecule has 1 amide bonds. The Balaban J connectivity index is 1.86. The van der Waals surface area contributed by atoms with Crippen molar-refractivity contribution >= 4 is 23.1 Å². The first-order valence-electron chi connectivity index (χ1n) is 11.3. The van der Waals surface area contributed by atoms with Crippen LogP contribution in [0, 0.1) is 0 Å². The second-order valence-electron chi connectivity index (χ2n) is 8.57. The molecule has 4 rings (SSSR count). The third-order valence-electron chi connectivity index (χ3n) is 5.93. The highest BCUT2D eigenvalue weighted by molar-refractivity contribution is 6.51. The van der Waals surface area contributed by atoms with Gasteiger partial charge in [-0.15, -0.1) is 0 Å². The van der Waals surface area contributed by atoms with Gasteiger partial charge in [0.2, 0.25) is 0 Å². The number of ether oxygens (including phenoxy) is 1. The lowest BCUT2D eigenvalue weighted by molar-refractivity contribution is -0.137. The largest absolute Gasteiger partial charge is 0.507 e. The minimum absolute atomic E-state index is 0.0368. The van der Waals surface area contributed by atoms with Gasteiger partial charge in [-0.05, 0) is 73.0 Å². The molecule has 1 unspecified atom stereocenters. The number of rotatable bonds is 6. The summed E-state index contributed by atoms with van der Waals surface area (Å²) in [6.45, 7) is 6.20. The van der Waals surface area contributed by atoms with Gasteiger partial charge in [-0.1, -0.05) is 13.8 Å². The molecule has 36 heavy (non-hydrogen) atoms. The number of carbonyl (C=O) groups is 2. The van der Waals surface area contributed by atoms with Crippen molar-refractivity contribution in [3.8, 4) is 5.75 Å². The van der Waals surface area contributed by atoms with Gasteiger partial charge in [-0.25, -0.2) is 0 Å². The van der Waals surface area contributed by atoms with Crippen molar-refractivity contribution in [1.82, 2.24) is 0 Å². The molecule has 6 nitrogen and oxygen atoms in total. The van der Waals surface area contributed by atoms with Crippen LogP contribution >= 0.6 is 0 Å². The molecule has 9 heteroatoms. The van der Waals surface area contributed by atoms with Crippen LogP contribution in [0.5, 0.6) is 5.75 Å². The molecular formula is C27H24F3NO5. The monoisotopic (exact) mass is 499 g/mol. The Kier molecular flexibility index (Phi) is 6.67. The molecule has 0 radical (unpaired) electrons. The SMILES string of the molecule is CCOc1ccc(/C(O)=C2/C(=O)C(=O)N(c3ccc(C(F)(F)F)cc3)C2c2ccco2)cc1C(C)C. The van der Waals surface area contributed by atoms with Gasteiger partial charge < -0.3 is 14.3 Å². The Hall–Kier alpha value is -4.01. The average molecular weight is 499 g/mol. The van der Waals surface area contributed by atoms with Gasteiger partial charge in [0.1, 0.15) is 23.3 Å². The Morgan fingerprint density at radius 1 is 1.11 bits per heavy atom. The standard InChI is InChI=1S/C27H24F3NO5/c1-4-35-20-12-7-16(14-19(20)15(2)3)24(32)22-23(21-6-5-13-36-21)31(26(34)25(22)33)18-10-8-17(9-11-18)27(28,29)30/h5-15,23,32H,4H2,1-3H3/b24-22-. The molecule has 1 aliphatic heterocycles. The number of anilines is 1. The number of amides is 1. The van der Waals surface area contributed by atoms with Crippen LogP contribution in [0.15, 0.2) is 70.9 Å². The zero-order valence-corrected chi connectivity index (χ0v) is 19.8. The molecule has 1 aromatic heterocycles. The summed E-state index contributed by atoms with van der Waals surface area (Å²) in [5, 5.41) is 11.3. The highest BCUT2D eigenvalue weighted by Crippen LogP contribution is 2.43. The topological polar surface area (TPSA) is 80.0 Å². The molecule has 1 saturated heterocycles. The molecule has 1 aliphatic rings. The highest BCUT2D eigenvalue weighted by atomic mass is 19.4.